The number of para-hydroxylation sites is 2. The second-order valence-electron chi connectivity index (χ2n) is 12.6. The molecule has 7 nitrogen and oxygen atoms in total. The number of rotatable bonds is 6. The molecule has 4 aromatic heterocycles. The number of hydrogen-bond acceptors (Lipinski definition) is 8. The maximum Gasteiger partial charge on any atom is 0.164 e. The van der Waals surface area contributed by atoms with Crippen molar-refractivity contribution < 1.29 is 0 Å². The van der Waals surface area contributed by atoms with E-state index in [0.717, 1.165) is 76.2 Å². The third-order valence-corrected chi connectivity index (χ3v) is 10.4. The van der Waals surface area contributed by atoms with Crippen LogP contribution in [0.25, 0.3) is 99.3 Å². The minimum absolute atomic E-state index is 0.613. The maximum atomic E-state index is 5.01. The number of fused-ring (bicyclic) bond motifs is 4. The molecule has 0 bridgehead atoms. The van der Waals surface area contributed by atoms with Gasteiger partial charge in [-0.2, -0.15) is 0 Å². The Balaban J connectivity index is 1.00. The quantitative estimate of drug-likeness (QED) is 0.171. The third-order valence-electron chi connectivity index (χ3n) is 9.30. The first-order valence-corrected chi connectivity index (χ1v) is 18.0. The summed E-state index contributed by atoms with van der Waals surface area (Å²) in [5.74, 6) is 1.87. The molecule has 0 N–H and O–H groups in total. The van der Waals surface area contributed by atoms with Crippen LogP contribution in [0.2, 0.25) is 0 Å². The van der Waals surface area contributed by atoms with Gasteiger partial charge >= 0.3 is 0 Å². The number of nitrogens with zero attached hydrogens (tertiary/aromatic N) is 7. The summed E-state index contributed by atoms with van der Waals surface area (Å²) in [5, 5.41) is 0. The fraction of sp³-hybridized carbons (Fsp3) is 0. The number of aromatic nitrogens is 7. The second-order valence-corrected chi connectivity index (χ2v) is 13.6. The van der Waals surface area contributed by atoms with Gasteiger partial charge in [0.1, 0.15) is 22.2 Å². The van der Waals surface area contributed by atoms with E-state index in [9.17, 15) is 0 Å². The largest absolute Gasteiger partial charge is 0.241 e. The van der Waals surface area contributed by atoms with Gasteiger partial charge in [-0.15, -0.1) is 11.3 Å². The summed E-state index contributed by atoms with van der Waals surface area (Å²) in [6.07, 6.45) is 1.61. The smallest absolute Gasteiger partial charge is 0.164 e. The van der Waals surface area contributed by atoms with E-state index in [1.165, 1.54) is 5.56 Å². The fourth-order valence-electron chi connectivity index (χ4n) is 6.60. The first-order chi connectivity index (χ1) is 26.2. The SMILES string of the molecule is c1ccc(-c2ccc(-c3nc(-c4ccccc4)nc(-c4cccc(-c5ccc(-c6ncnc7c6sc6nc8ccccc8nc67)cc5)c4)n3)cc2)cc1. The predicted octanol–water partition coefficient (Wildman–Crippen LogP) is 11.0. The Morgan fingerprint density at radius 3 is 1.53 bits per heavy atom. The lowest BCUT2D eigenvalue weighted by molar-refractivity contribution is 1.07. The van der Waals surface area contributed by atoms with E-state index in [1.54, 1.807) is 17.7 Å². The topological polar surface area (TPSA) is 90.2 Å². The molecule has 0 aliphatic heterocycles. The van der Waals surface area contributed by atoms with Gasteiger partial charge in [-0.3, -0.25) is 0 Å². The van der Waals surface area contributed by atoms with Crippen molar-refractivity contribution in [2.24, 2.45) is 0 Å². The molecule has 0 radical (unpaired) electrons. The molecule has 0 fully saturated rings. The van der Waals surface area contributed by atoms with E-state index in [0.29, 0.717) is 17.5 Å². The highest BCUT2D eigenvalue weighted by atomic mass is 32.1. The minimum Gasteiger partial charge on any atom is -0.241 e. The van der Waals surface area contributed by atoms with Crippen LogP contribution in [-0.4, -0.2) is 34.9 Å². The van der Waals surface area contributed by atoms with Gasteiger partial charge in [0.05, 0.1) is 21.4 Å². The molecule has 0 aliphatic rings. The zero-order chi connectivity index (χ0) is 35.1. The molecule has 0 atom stereocenters. The van der Waals surface area contributed by atoms with Crippen LogP contribution >= 0.6 is 11.3 Å². The number of benzene rings is 6. The van der Waals surface area contributed by atoms with Gasteiger partial charge in [0, 0.05) is 22.3 Å². The van der Waals surface area contributed by atoms with E-state index < -0.39 is 0 Å². The maximum absolute atomic E-state index is 5.01. The zero-order valence-corrected chi connectivity index (χ0v) is 28.9. The molecule has 0 spiro atoms. The van der Waals surface area contributed by atoms with Crippen molar-refractivity contribution in [2.45, 2.75) is 0 Å². The second kappa shape index (κ2) is 12.9. The van der Waals surface area contributed by atoms with Gasteiger partial charge in [-0.25, -0.2) is 34.9 Å². The van der Waals surface area contributed by atoms with Gasteiger partial charge in [-0.1, -0.05) is 140 Å². The first-order valence-electron chi connectivity index (χ1n) is 17.2. The van der Waals surface area contributed by atoms with Gasteiger partial charge in [0.15, 0.2) is 17.5 Å². The van der Waals surface area contributed by atoms with Crippen LogP contribution in [0, 0.1) is 0 Å². The van der Waals surface area contributed by atoms with Crippen molar-refractivity contribution in [2.75, 3.05) is 0 Å². The molecule has 4 heterocycles. The highest BCUT2D eigenvalue weighted by Crippen LogP contribution is 2.37. The molecule has 0 aliphatic carbocycles. The monoisotopic (exact) mass is 697 g/mol. The van der Waals surface area contributed by atoms with E-state index in [-0.39, 0.29) is 0 Å². The summed E-state index contributed by atoms with van der Waals surface area (Å²) >= 11 is 1.58. The molecule has 0 saturated heterocycles. The van der Waals surface area contributed by atoms with Crippen molar-refractivity contribution >= 4 is 42.9 Å². The predicted molar refractivity (Wildman–Crippen MR) is 214 cm³/mol. The molecule has 10 rings (SSSR count). The van der Waals surface area contributed by atoms with Crippen LogP contribution < -0.4 is 0 Å². The van der Waals surface area contributed by atoms with Crippen molar-refractivity contribution in [1.29, 1.82) is 0 Å². The Labute approximate surface area is 308 Å². The lowest BCUT2D eigenvalue weighted by Gasteiger charge is -2.10. The van der Waals surface area contributed by atoms with Crippen molar-refractivity contribution in [1.82, 2.24) is 34.9 Å². The Bertz CT molecular complexity index is 2930. The Morgan fingerprint density at radius 1 is 0.340 bits per heavy atom. The van der Waals surface area contributed by atoms with Crippen LogP contribution in [0.5, 0.6) is 0 Å². The van der Waals surface area contributed by atoms with Crippen molar-refractivity contribution in [3.8, 4) is 67.7 Å². The summed E-state index contributed by atoms with van der Waals surface area (Å²) in [5.41, 5.74) is 12.4. The molecule has 53 heavy (non-hydrogen) atoms. The summed E-state index contributed by atoms with van der Waals surface area (Å²) < 4.78 is 0.974. The third kappa shape index (κ3) is 5.77. The Kier molecular flexibility index (Phi) is 7.51. The van der Waals surface area contributed by atoms with Gasteiger partial charge in [0.2, 0.25) is 0 Å². The van der Waals surface area contributed by atoms with E-state index >= 15 is 0 Å². The molecule has 0 amide bonds. The van der Waals surface area contributed by atoms with Gasteiger partial charge in [-0.05, 0) is 40.5 Å². The summed E-state index contributed by atoms with van der Waals surface area (Å²) in [6.45, 7) is 0. The lowest BCUT2D eigenvalue weighted by atomic mass is 10.0. The standard InChI is InChI=1S/C45H27N7S/c1-3-10-28(11-4-1)29-20-24-33(25-21-29)43-50-42(32-12-5-2-6-13-32)51-44(52-43)35-15-9-14-34(26-35)30-18-22-31(23-19-30)38-41-39(47-27-46-38)40-45(53-41)49-37-17-8-7-16-36(37)48-40/h1-27H. The molecule has 8 heteroatoms. The Hall–Kier alpha value is -7.03. The summed E-state index contributed by atoms with van der Waals surface area (Å²) in [4.78, 5) is 34.9. The molecule has 248 valence electrons. The first kappa shape index (κ1) is 30.8. The van der Waals surface area contributed by atoms with Gasteiger partial charge in [0.25, 0.3) is 0 Å². The summed E-state index contributed by atoms with van der Waals surface area (Å²) in [6, 6.07) is 53.5. The molecule has 0 saturated carbocycles. The van der Waals surface area contributed by atoms with Crippen LogP contribution in [0.3, 0.4) is 0 Å². The highest BCUT2D eigenvalue weighted by Gasteiger charge is 2.17. The molecule has 6 aromatic carbocycles. The van der Waals surface area contributed by atoms with E-state index in [1.807, 2.05) is 66.7 Å². The van der Waals surface area contributed by atoms with Crippen LogP contribution in [-0.2, 0) is 0 Å². The summed E-state index contributed by atoms with van der Waals surface area (Å²) in [7, 11) is 0. The van der Waals surface area contributed by atoms with Crippen molar-refractivity contribution in [3.63, 3.8) is 0 Å². The van der Waals surface area contributed by atoms with Crippen LogP contribution in [0.4, 0.5) is 0 Å². The number of thiophene rings is 1. The lowest BCUT2D eigenvalue weighted by Crippen LogP contribution is -2.00. The zero-order valence-electron chi connectivity index (χ0n) is 28.1. The normalized spacial score (nSPS) is 11.4. The molecular formula is C45H27N7S. The molecule has 10 aromatic rings. The van der Waals surface area contributed by atoms with Crippen molar-refractivity contribution in [3.05, 3.63) is 164 Å². The fourth-order valence-corrected chi connectivity index (χ4v) is 7.69. The van der Waals surface area contributed by atoms with Crippen LogP contribution in [0.1, 0.15) is 0 Å². The minimum atomic E-state index is 0.613. The molecule has 0 unspecified atom stereocenters. The molecular weight excluding hydrogens is 671 g/mol. The van der Waals surface area contributed by atoms with E-state index in [4.69, 9.17) is 29.9 Å². The highest BCUT2D eigenvalue weighted by molar-refractivity contribution is 7.25. The Morgan fingerprint density at radius 2 is 0.830 bits per heavy atom. The number of hydrogen-bond donors (Lipinski definition) is 0. The van der Waals surface area contributed by atoms with Gasteiger partial charge < -0.3 is 0 Å². The van der Waals surface area contributed by atoms with Crippen LogP contribution in [0.15, 0.2) is 164 Å². The average Bonchev–Trinajstić information content (AvgIpc) is 3.61. The van der Waals surface area contributed by atoms with E-state index in [2.05, 4.69) is 96.0 Å². The average molecular weight is 698 g/mol.